The zero-order valence-electron chi connectivity index (χ0n) is 24.8. The van der Waals surface area contributed by atoms with Crippen LogP contribution in [0.5, 0.6) is 11.6 Å². The van der Waals surface area contributed by atoms with Crippen LogP contribution in [0.15, 0.2) is 70.1 Å². The van der Waals surface area contributed by atoms with Crippen molar-refractivity contribution in [2.75, 3.05) is 46.1 Å². The molecule has 0 N–H and O–H groups in total. The number of fused-ring (bicyclic) bond motifs is 2. The minimum Gasteiger partial charge on any atom is -0.483 e. The van der Waals surface area contributed by atoms with Gasteiger partial charge in [-0.3, -0.25) is 4.79 Å². The van der Waals surface area contributed by atoms with E-state index in [-0.39, 0.29) is 40.0 Å². The Hall–Kier alpha value is -3.88. The number of rotatable bonds is 10. The van der Waals surface area contributed by atoms with E-state index in [1.165, 1.54) is 24.3 Å². The summed E-state index contributed by atoms with van der Waals surface area (Å²) in [4.78, 5) is 15.6. The number of alkyl halides is 3. The molecule has 4 aromatic rings. The summed E-state index contributed by atoms with van der Waals surface area (Å²) in [6, 6.07) is 16.4. The van der Waals surface area contributed by atoms with Gasteiger partial charge in [0, 0.05) is 19.8 Å². The van der Waals surface area contributed by atoms with Gasteiger partial charge < -0.3 is 27.8 Å². The Labute approximate surface area is 263 Å². The molecule has 0 aliphatic carbocycles. The van der Waals surface area contributed by atoms with E-state index in [2.05, 4.69) is 10.1 Å². The summed E-state index contributed by atoms with van der Waals surface area (Å²) < 4.78 is 91.5. The number of hydrogen-bond donors (Lipinski definition) is 0. The Morgan fingerprint density at radius 1 is 0.978 bits per heavy atom. The van der Waals surface area contributed by atoms with Gasteiger partial charge in [-0.25, -0.2) is 0 Å². The van der Waals surface area contributed by atoms with Crippen LogP contribution in [-0.4, -0.2) is 76.7 Å². The van der Waals surface area contributed by atoms with Gasteiger partial charge >= 0.3 is 22.3 Å². The molecule has 3 heterocycles. The molecule has 6 rings (SSSR count). The molecule has 246 valence electrons. The van der Waals surface area contributed by atoms with Gasteiger partial charge in [0.1, 0.15) is 16.0 Å². The van der Waals surface area contributed by atoms with Gasteiger partial charge in [-0.05, 0) is 84.9 Å². The molecule has 0 atom stereocenters. The smallest absolute Gasteiger partial charge is 0.422 e. The van der Waals surface area contributed by atoms with E-state index in [0.717, 1.165) is 10.8 Å². The molecule has 2 aliphatic rings. The van der Waals surface area contributed by atoms with E-state index < -0.39 is 34.3 Å². The molecule has 3 aromatic carbocycles. The Morgan fingerprint density at radius 2 is 1.72 bits per heavy atom. The number of halogens is 3. The monoisotopic (exact) mass is 662 g/mol. The van der Waals surface area contributed by atoms with Crippen LogP contribution in [0.3, 0.4) is 0 Å². The highest BCUT2D eigenvalue weighted by molar-refractivity contribution is 7.87. The highest BCUT2D eigenvalue weighted by atomic mass is 32.2. The number of aromatic nitrogens is 1. The van der Waals surface area contributed by atoms with Crippen LogP contribution in [0.1, 0.15) is 25.7 Å². The van der Waals surface area contributed by atoms with Gasteiger partial charge in [0.05, 0.1) is 12.0 Å². The van der Waals surface area contributed by atoms with Crippen LogP contribution in [0.2, 0.25) is 0 Å². The van der Waals surface area contributed by atoms with Gasteiger partial charge in [-0.1, -0.05) is 36.4 Å². The number of carbonyl (C=O) groups excluding carboxylic acids is 1. The average Bonchev–Trinajstić information content (AvgIpc) is 3.47. The number of carbonyl (C=O) groups is 1. The first-order valence-corrected chi connectivity index (χ1v) is 16.4. The van der Waals surface area contributed by atoms with Crippen molar-refractivity contribution < 1.29 is 49.3 Å². The van der Waals surface area contributed by atoms with Crippen molar-refractivity contribution in [2.45, 2.75) is 36.8 Å². The van der Waals surface area contributed by atoms with Crippen LogP contribution in [0.25, 0.3) is 21.7 Å². The summed E-state index contributed by atoms with van der Waals surface area (Å²) >= 11 is 0. The SMILES string of the molecule is O=C(OS(=O)(=O)c1ccc2ccccc2c1)C1(CN2CCC(COc3noc4cccc(OCC(F)(F)F)c34)CC2)CCOCC1. The van der Waals surface area contributed by atoms with Gasteiger partial charge in [0.25, 0.3) is 5.88 Å². The maximum atomic E-state index is 13.6. The first-order chi connectivity index (χ1) is 22.0. The highest BCUT2D eigenvalue weighted by Gasteiger charge is 2.45. The maximum absolute atomic E-state index is 13.6. The minimum atomic E-state index is -4.50. The lowest BCUT2D eigenvalue weighted by Crippen LogP contribution is -2.50. The van der Waals surface area contributed by atoms with Crippen LogP contribution in [0.4, 0.5) is 13.2 Å². The zero-order valence-corrected chi connectivity index (χ0v) is 25.6. The first kappa shape index (κ1) is 32.1. The van der Waals surface area contributed by atoms with Crippen LogP contribution in [-0.2, 0) is 23.8 Å². The fourth-order valence-corrected chi connectivity index (χ4v) is 6.97. The van der Waals surface area contributed by atoms with Gasteiger partial charge in [-0.2, -0.15) is 21.6 Å². The summed E-state index contributed by atoms with van der Waals surface area (Å²) in [5.74, 6) is -0.642. The number of nitrogens with zero attached hydrogens (tertiary/aromatic N) is 2. The predicted molar refractivity (Wildman–Crippen MR) is 160 cm³/mol. The third-order valence-corrected chi connectivity index (χ3v) is 9.79. The number of ether oxygens (including phenoxy) is 3. The van der Waals surface area contributed by atoms with E-state index in [9.17, 15) is 26.4 Å². The minimum absolute atomic E-state index is 0.0304. The van der Waals surface area contributed by atoms with E-state index >= 15 is 0 Å². The Kier molecular flexibility index (Phi) is 9.12. The average molecular weight is 663 g/mol. The standard InChI is InChI=1S/C32H33F3N2O8S/c33-32(34,35)21-43-26-6-3-7-27-28(26)29(36-44-27)42-19-22-10-14-37(15-11-22)20-31(12-16-41-17-13-31)30(38)45-46(39,40)25-9-8-23-4-1-2-5-24(23)18-25/h1-9,18,22H,10-17,19-21H2. The second-order valence-corrected chi connectivity index (χ2v) is 13.3. The van der Waals surface area contributed by atoms with E-state index in [1.807, 2.05) is 12.1 Å². The highest BCUT2D eigenvalue weighted by Crippen LogP contribution is 2.37. The van der Waals surface area contributed by atoms with E-state index in [1.54, 1.807) is 24.3 Å². The molecule has 14 heteroatoms. The largest absolute Gasteiger partial charge is 0.483 e. The second kappa shape index (κ2) is 13.1. The summed E-state index contributed by atoms with van der Waals surface area (Å²) in [7, 11) is -4.35. The van der Waals surface area contributed by atoms with Crippen molar-refractivity contribution in [3.8, 4) is 11.6 Å². The maximum Gasteiger partial charge on any atom is 0.422 e. The van der Waals surface area contributed by atoms with Gasteiger partial charge in [0.15, 0.2) is 12.2 Å². The number of likely N-dealkylation sites (tertiary alicyclic amines) is 1. The molecule has 46 heavy (non-hydrogen) atoms. The molecule has 0 spiro atoms. The van der Waals surface area contributed by atoms with Crippen LogP contribution < -0.4 is 9.47 Å². The molecule has 0 unspecified atom stereocenters. The zero-order chi connectivity index (χ0) is 32.4. The van der Waals surface area contributed by atoms with Crippen molar-refractivity contribution in [1.29, 1.82) is 0 Å². The molecule has 0 saturated carbocycles. The van der Waals surface area contributed by atoms with Crippen molar-refractivity contribution in [1.82, 2.24) is 10.1 Å². The van der Waals surface area contributed by atoms with Gasteiger partial charge in [0.2, 0.25) is 0 Å². The third-order valence-electron chi connectivity index (χ3n) is 8.59. The lowest BCUT2D eigenvalue weighted by molar-refractivity contribution is -0.154. The van der Waals surface area contributed by atoms with Crippen molar-refractivity contribution in [3.05, 3.63) is 60.7 Å². The number of piperidine rings is 1. The van der Waals surface area contributed by atoms with E-state index in [0.29, 0.717) is 58.5 Å². The molecule has 10 nitrogen and oxygen atoms in total. The fourth-order valence-electron chi connectivity index (χ4n) is 6.00. The van der Waals surface area contributed by atoms with E-state index in [4.69, 9.17) is 22.9 Å². The topological polar surface area (TPSA) is 117 Å². The molecular formula is C32H33F3N2O8S. The molecule has 0 amide bonds. The Bertz CT molecular complexity index is 1800. The number of hydrogen-bond acceptors (Lipinski definition) is 10. The van der Waals surface area contributed by atoms with Crippen molar-refractivity contribution in [3.63, 3.8) is 0 Å². The molecule has 0 bridgehead atoms. The van der Waals surface area contributed by atoms with Gasteiger partial charge in [-0.15, -0.1) is 0 Å². The Balaban J connectivity index is 1.07. The van der Waals surface area contributed by atoms with Crippen LogP contribution in [0, 0.1) is 11.3 Å². The molecule has 2 saturated heterocycles. The Morgan fingerprint density at radius 3 is 2.46 bits per heavy atom. The third kappa shape index (κ3) is 7.24. The first-order valence-electron chi connectivity index (χ1n) is 15.0. The lowest BCUT2D eigenvalue weighted by atomic mass is 9.79. The summed E-state index contributed by atoms with van der Waals surface area (Å²) in [5, 5.41) is 5.72. The quantitative estimate of drug-likeness (QED) is 0.195. The fraction of sp³-hybridized carbons (Fsp3) is 0.438. The second-order valence-electron chi connectivity index (χ2n) is 11.8. The summed E-state index contributed by atoms with van der Waals surface area (Å²) in [6.07, 6.45) is -2.41. The molecular weight excluding hydrogens is 629 g/mol. The molecule has 2 fully saturated rings. The van der Waals surface area contributed by atoms with Crippen LogP contribution >= 0.6 is 0 Å². The molecule has 2 aliphatic heterocycles. The molecule has 0 radical (unpaired) electrons. The summed E-state index contributed by atoms with van der Waals surface area (Å²) in [6.45, 7) is 1.01. The molecule has 1 aromatic heterocycles. The lowest BCUT2D eigenvalue weighted by Gasteiger charge is -2.41. The summed E-state index contributed by atoms with van der Waals surface area (Å²) in [5.41, 5.74) is -0.793. The van der Waals surface area contributed by atoms with Crippen molar-refractivity contribution in [2.24, 2.45) is 11.3 Å². The predicted octanol–water partition coefficient (Wildman–Crippen LogP) is 5.74. The normalized spacial score (nSPS) is 18.1. The van der Waals surface area contributed by atoms with Crippen molar-refractivity contribution >= 4 is 37.8 Å². The number of benzene rings is 3.